The van der Waals surface area contributed by atoms with Gasteiger partial charge in [0.2, 0.25) is 0 Å². The lowest BCUT2D eigenvalue weighted by Crippen LogP contribution is -2.41. The maximum Gasteiger partial charge on any atom is 0.352 e. The zero-order valence-electron chi connectivity index (χ0n) is 12.1. The van der Waals surface area contributed by atoms with Crippen molar-refractivity contribution in [3.63, 3.8) is 0 Å². The molecule has 0 aliphatic carbocycles. The lowest BCUT2D eigenvalue weighted by atomic mass is 10.2. The van der Waals surface area contributed by atoms with Crippen molar-refractivity contribution in [2.24, 2.45) is 0 Å². The molecule has 0 saturated carbocycles. The Hall–Kier alpha value is -2.80. The third-order valence-electron chi connectivity index (χ3n) is 3.37. The van der Waals surface area contributed by atoms with Crippen molar-refractivity contribution in [3.05, 3.63) is 91.7 Å². The van der Waals surface area contributed by atoms with Crippen molar-refractivity contribution >= 4 is 11.6 Å². The molecule has 5 nitrogen and oxygen atoms in total. The summed E-state index contributed by atoms with van der Waals surface area (Å²) in [6.07, 6.45) is 0.837. The van der Waals surface area contributed by atoms with Crippen LogP contribution >= 0.6 is 11.6 Å². The van der Waals surface area contributed by atoms with E-state index in [1.165, 1.54) is 6.07 Å². The summed E-state index contributed by atoms with van der Waals surface area (Å²) in [5, 5.41) is 4.06. The Morgan fingerprint density at radius 2 is 1.62 bits per heavy atom. The van der Waals surface area contributed by atoms with Gasteiger partial charge in [-0.2, -0.15) is 9.78 Å². The first kappa shape index (κ1) is 16.1. The smallest absolute Gasteiger partial charge is 0.267 e. The topological polar surface area (TPSA) is 56.9 Å². The van der Waals surface area contributed by atoms with E-state index in [0.717, 1.165) is 22.9 Å². The predicted molar refractivity (Wildman–Crippen MR) is 84.6 cm³/mol. The van der Waals surface area contributed by atoms with Crippen molar-refractivity contribution in [1.29, 1.82) is 0 Å². The average Bonchev–Trinajstić information content (AvgIpc) is 2.55. The number of para-hydroxylation sites is 1. The highest BCUT2D eigenvalue weighted by atomic mass is 35.5. The van der Waals surface area contributed by atoms with Gasteiger partial charge < -0.3 is 0 Å². The Morgan fingerprint density at radius 1 is 1.00 bits per heavy atom. The number of rotatable bonds is 3. The molecule has 0 bridgehead atoms. The van der Waals surface area contributed by atoms with Crippen molar-refractivity contribution in [2.75, 3.05) is 0 Å². The van der Waals surface area contributed by atoms with Gasteiger partial charge in [0, 0.05) is 5.02 Å². The van der Waals surface area contributed by atoms with E-state index in [9.17, 15) is 18.4 Å². The second-order valence-electron chi connectivity index (χ2n) is 4.96. The zero-order chi connectivity index (χ0) is 17.3. The van der Waals surface area contributed by atoms with E-state index in [-0.39, 0.29) is 6.54 Å². The number of hydrogen-bond acceptors (Lipinski definition) is 3. The molecule has 0 unspecified atom stereocenters. The summed E-state index contributed by atoms with van der Waals surface area (Å²) in [4.78, 5) is 24.4. The third-order valence-corrected chi connectivity index (χ3v) is 3.62. The average molecular weight is 350 g/mol. The minimum absolute atomic E-state index is 0.0760. The molecular weight excluding hydrogens is 340 g/mol. The highest BCUT2D eigenvalue weighted by Crippen LogP contribution is 2.14. The van der Waals surface area contributed by atoms with Crippen LogP contribution in [-0.4, -0.2) is 14.3 Å². The van der Waals surface area contributed by atoms with Crippen LogP contribution < -0.4 is 11.2 Å². The summed E-state index contributed by atoms with van der Waals surface area (Å²) in [6.45, 7) is -0.0760. The number of aromatic nitrogens is 3. The van der Waals surface area contributed by atoms with E-state index in [1.807, 2.05) is 0 Å². The molecule has 0 atom stereocenters. The van der Waals surface area contributed by atoms with Gasteiger partial charge in [0.1, 0.15) is 11.9 Å². The molecule has 0 N–H and O–H groups in total. The summed E-state index contributed by atoms with van der Waals surface area (Å²) in [5.41, 5.74) is -1.62. The highest BCUT2D eigenvalue weighted by Gasteiger charge is 2.16. The van der Waals surface area contributed by atoms with Crippen LogP contribution in [0.5, 0.6) is 0 Å². The fraction of sp³-hybridized carbons (Fsp3) is 0.0625. The monoisotopic (exact) mass is 349 g/mol. The van der Waals surface area contributed by atoms with Crippen molar-refractivity contribution in [3.8, 4) is 5.69 Å². The van der Waals surface area contributed by atoms with Gasteiger partial charge in [0.15, 0.2) is 11.6 Å². The van der Waals surface area contributed by atoms with Crippen LogP contribution in [0, 0.1) is 11.6 Å². The van der Waals surface area contributed by atoms with Crippen LogP contribution in [0.3, 0.4) is 0 Å². The molecule has 0 spiro atoms. The quantitative estimate of drug-likeness (QED) is 0.729. The van der Waals surface area contributed by atoms with E-state index >= 15 is 0 Å². The second kappa shape index (κ2) is 6.37. The summed E-state index contributed by atoms with van der Waals surface area (Å²) in [6, 6.07) is 9.67. The van der Waals surface area contributed by atoms with Crippen LogP contribution in [0.25, 0.3) is 5.69 Å². The fourth-order valence-electron chi connectivity index (χ4n) is 2.20. The van der Waals surface area contributed by atoms with E-state index in [4.69, 9.17) is 11.6 Å². The molecule has 0 amide bonds. The Labute approximate surface area is 139 Å². The molecule has 1 aromatic heterocycles. The van der Waals surface area contributed by atoms with Crippen LogP contribution in [-0.2, 0) is 6.54 Å². The standard InChI is InChI=1S/C16H10ClF2N3O2/c17-11-6-4-10(5-7-11)9-21-14(23)8-20-22(16(21)24)15-12(18)2-1-3-13(15)19/h1-8H,9H2. The van der Waals surface area contributed by atoms with Crippen molar-refractivity contribution in [1.82, 2.24) is 14.3 Å². The Kier molecular flexibility index (Phi) is 4.26. The van der Waals surface area contributed by atoms with Gasteiger partial charge in [-0.15, -0.1) is 0 Å². The molecule has 0 aliphatic rings. The SMILES string of the molecule is O=c1cnn(-c2c(F)cccc2F)c(=O)n1Cc1ccc(Cl)cc1. The van der Waals surface area contributed by atoms with Gasteiger partial charge in [-0.1, -0.05) is 29.8 Å². The predicted octanol–water partition coefficient (Wildman–Crippen LogP) is 2.37. The Balaban J connectivity index is 2.14. The molecule has 0 saturated heterocycles. The minimum Gasteiger partial charge on any atom is -0.267 e. The minimum atomic E-state index is -0.957. The van der Waals surface area contributed by atoms with Gasteiger partial charge in [-0.05, 0) is 29.8 Å². The van der Waals surface area contributed by atoms with Gasteiger partial charge in [0.25, 0.3) is 5.56 Å². The van der Waals surface area contributed by atoms with E-state index in [0.29, 0.717) is 15.3 Å². The van der Waals surface area contributed by atoms with Gasteiger partial charge in [0.05, 0.1) is 6.54 Å². The van der Waals surface area contributed by atoms with E-state index in [2.05, 4.69) is 5.10 Å². The van der Waals surface area contributed by atoms with Crippen LogP contribution in [0.1, 0.15) is 5.56 Å². The number of halogens is 3. The molecule has 122 valence electrons. The summed E-state index contributed by atoms with van der Waals surface area (Å²) >= 11 is 5.79. The molecular formula is C16H10ClF2N3O2. The lowest BCUT2D eigenvalue weighted by Gasteiger charge is -2.10. The Morgan fingerprint density at radius 3 is 2.25 bits per heavy atom. The largest absolute Gasteiger partial charge is 0.352 e. The Bertz CT molecular complexity index is 993. The molecule has 8 heteroatoms. The number of benzene rings is 2. The molecule has 1 heterocycles. The van der Waals surface area contributed by atoms with Crippen LogP contribution in [0.4, 0.5) is 8.78 Å². The molecule has 3 aromatic rings. The summed E-state index contributed by atoms with van der Waals surface area (Å²) in [7, 11) is 0. The third kappa shape index (κ3) is 2.98. The molecule has 3 rings (SSSR count). The molecule has 0 fully saturated rings. The van der Waals surface area contributed by atoms with Crippen molar-refractivity contribution < 1.29 is 8.78 Å². The van der Waals surface area contributed by atoms with Gasteiger partial charge >= 0.3 is 5.69 Å². The first-order valence-electron chi connectivity index (χ1n) is 6.85. The first-order chi connectivity index (χ1) is 11.5. The van der Waals surface area contributed by atoms with Gasteiger partial charge in [-0.3, -0.25) is 9.36 Å². The highest BCUT2D eigenvalue weighted by molar-refractivity contribution is 6.30. The van der Waals surface area contributed by atoms with Crippen LogP contribution in [0.15, 0.2) is 58.3 Å². The number of hydrogen-bond donors (Lipinski definition) is 0. The normalized spacial score (nSPS) is 10.8. The van der Waals surface area contributed by atoms with Crippen LogP contribution in [0.2, 0.25) is 5.02 Å². The fourth-order valence-corrected chi connectivity index (χ4v) is 2.32. The molecule has 0 aliphatic heterocycles. The molecule has 0 radical (unpaired) electrons. The summed E-state index contributed by atoms with van der Waals surface area (Å²) in [5.74, 6) is -1.91. The van der Waals surface area contributed by atoms with Gasteiger partial charge in [-0.25, -0.2) is 13.6 Å². The molecule has 24 heavy (non-hydrogen) atoms. The van der Waals surface area contributed by atoms with Crippen molar-refractivity contribution in [2.45, 2.75) is 6.54 Å². The van der Waals surface area contributed by atoms with E-state index < -0.39 is 28.6 Å². The maximum atomic E-state index is 13.9. The lowest BCUT2D eigenvalue weighted by molar-refractivity contribution is 0.533. The van der Waals surface area contributed by atoms with E-state index in [1.54, 1.807) is 24.3 Å². The number of nitrogens with zero attached hydrogens (tertiary/aromatic N) is 3. The summed E-state index contributed by atoms with van der Waals surface area (Å²) < 4.78 is 29.1. The second-order valence-corrected chi connectivity index (χ2v) is 5.40. The first-order valence-corrected chi connectivity index (χ1v) is 7.23. The molecule has 2 aromatic carbocycles. The zero-order valence-corrected chi connectivity index (χ0v) is 12.9. The maximum absolute atomic E-state index is 13.9.